The number of carbonyl (C=O) groups excluding carboxylic acids is 1. The Morgan fingerprint density at radius 2 is 2.38 bits per heavy atom. The number of nitrogens with zero attached hydrogens (tertiary/aromatic N) is 2. The Hall–Kier alpha value is -1.70. The zero-order valence-corrected chi connectivity index (χ0v) is 15.0. The van der Waals surface area contributed by atoms with E-state index in [1.165, 1.54) is 0 Å². The summed E-state index contributed by atoms with van der Waals surface area (Å²) in [7, 11) is 1.58. The van der Waals surface area contributed by atoms with E-state index in [1.807, 2.05) is 23.1 Å². The van der Waals surface area contributed by atoms with E-state index in [1.54, 1.807) is 13.3 Å². The van der Waals surface area contributed by atoms with Crippen molar-refractivity contribution >= 4 is 38.4 Å². The summed E-state index contributed by atoms with van der Waals surface area (Å²) in [5.74, 6) is 0.451. The maximum atomic E-state index is 12.3. The molecule has 0 bridgehead atoms. The smallest absolute Gasteiger partial charge is 0.238 e. The molecule has 1 aliphatic rings. The average Bonchev–Trinajstić information content (AvgIpc) is 2.54. The van der Waals surface area contributed by atoms with Crippen LogP contribution in [0.25, 0.3) is 10.9 Å². The van der Waals surface area contributed by atoms with Crippen molar-refractivity contribution in [3.63, 3.8) is 0 Å². The molecule has 7 heteroatoms. The van der Waals surface area contributed by atoms with Crippen LogP contribution in [0, 0.1) is 0 Å². The summed E-state index contributed by atoms with van der Waals surface area (Å²) in [5.41, 5.74) is 1.35. The second-order valence-corrected chi connectivity index (χ2v) is 6.86. The van der Waals surface area contributed by atoms with E-state index < -0.39 is 0 Å². The topological polar surface area (TPSA) is 74.7 Å². The maximum absolute atomic E-state index is 12.3. The number of methoxy groups -OCH3 is 1. The van der Waals surface area contributed by atoms with Gasteiger partial charge in [-0.2, -0.15) is 0 Å². The van der Waals surface area contributed by atoms with Gasteiger partial charge >= 0.3 is 0 Å². The van der Waals surface area contributed by atoms with Crippen LogP contribution in [0.1, 0.15) is 12.8 Å². The summed E-state index contributed by atoms with van der Waals surface area (Å²) in [6.45, 7) is 1.61. The Morgan fingerprint density at radius 3 is 3.12 bits per heavy atom. The number of likely N-dealkylation sites (tertiary alicyclic amines) is 1. The summed E-state index contributed by atoms with van der Waals surface area (Å²) in [4.78, 5) is 18.7. The first-order valence-corrected chi connectivity index (χ1v) is 8.68. The molecule has 1 fully saturated rings. The number of aliphatic hydroxyl groups excluding tert-OH is 1. The van der Waals surface area contributed by atoms with Gasteiger partial charge in [0, 0.05) is 16.4 Å². The Bertz CT molecular complexity index is 753. The first kappa shape index (κ1) is 17.1. The summed E-state index contributed by atoms with van der Waals surface area (Å²) in [6, 6.07) is 5.72. The van der Waals surface area contributed by atoms with E-state index in [0.29, 0.717) is 18.0 Å². The Labute approximate surface area is 148 Å². The summed E-state index contributed by atoms with van der Waals surface area (Å²) < 4.78 is 6.41. The number of aliphatic hydroxyl groups is 1. The quantitative estimate of drug-likeness (QED) is 0.833. The molecule has 128 valence electrons. The van der Waals surface area contributed by atoms with Gasteiger partial charge in [-0.15, -0.1) is 0 Å². The molecule has 1 saturated heterocycles. The van der Waals surface area contributed by atoms with Crippen LogP contribution < -0.4 is 10.1 Å². The first-order chi connectivity index (χ1) is 11.6. The molecule has 0 aliphatic carbocycles. The molecule has 0 spiro atoms. The number of halogens is 1. The largest absolute Gasteiger partial charge is 0.494 e. The summed E-state index contributed by atoms with van der Waals surface area (Å²) in [5, 5.41) is 13.4. The fraction of sp³-hybridized carbons (Fsp3) is 0.412. The number of carbonyl (C=O) groups is 1. The van der Waals surface area contributed by atoms with Gasteiger partial charge in [0.15, 0.2) is 5.75 Å². The van der Waals surface area contributed by atoms with E-state index in [0.717, 1.165) is 34.8 Å². The van der Waals surface area contributed by atoms with Gasteiger partial charge < -0.3 is 15.2 Å². The molecule has 1 aliphatic heterocycles. The van der Waals surface area contributed by atoms with Crippen molar-refractivity contribution in [3.8, 4) is 5.75 Å². The molecule has 24 heavy (non-hydrogen) atoms. The molecule has 1 atom stereocenters. The van der Waals surface area contributed by atoms with Gasteiger partial charge in [-0.25, -0.2) is 0 Å². The molecule has 1 aromatic heterocycles. The Kier molecular flexibility index (Phi) is 5.33. The first-order valence-electron chi connectivity index (χ1n) is 7.89. The molecule has 0 saturated carbocycles. The molecule has 1 aromatic carbocycles. The molecule has 0 radical (unpaired) electrons. The van der Waals surface area contributed by atoms with Gasteiger partial charge in [0.1, 0.15) is 5.69 Å². The zero-order valence-electron chi connectivity index (χ0n) is 13.5. The second-order valence-electron chi connectivity index (χ2n) is 5.95. The van der Waals surface area contributed by atoms with E-state index in [-0.39, 0.29) is 18.6 Å². The van der Waals surface area contributed by atoms with Crippen LogP contribution in [0.3, 0.4) is 0 Å². The van der Waals surface area contributed by atoms with Crippen LogP contribution in [0.2, 0.25) is 0 Å². The number of hydrogen-bond donors (Lipinski definition) is 2. The summed E-state index contributed by atoms with van der Waals surface area (Å²) >= 11 is 3.44. The molecule has 6 nitrogen and oxygen atoms in total. The third kappa shape index (κ3) is 3.85. The lowest BCUT2D eigenvalue weighted by atomic mass is 10.1. The minimum Gasteiger partial charge on any atom is -0.494 e. The molecular formula is C17H20BrN3O3. The fourth-order valence-electron chi connectivity index (χ4n) is 3.02. The maximum Gasteiger partial charge on any atom is 0.238 e. The number of benzene rings is 1. The highest BCUT2D eigenvalue weighted by Gasteiger charge is 2.20. The van der Waals surface area contributed by atoms with Crippen molar-refractivity contribution in [1.29, 1.82) is 0 Å². The van der Waals surface area contributed by atoms with E-state index in [9.17, 15) is 9.90 Å². The lowest BCUT2D eigenvalue weighted by Crippen LogP contribution is -2.42. The van der Waals surface area contributed by atoms with Crippen LogP contribution in [-0.4, -0.2) is 53.7 Å². The highest BCUT2D eigenvalue weighted by Crippen LogP contribution is 2.33. The second kappa shape index (κ2) is 7.46. The van der Waals surface area contributed by atoms with Gasteiger partial charge in [0.05, 0.1) is 31.5 Å². The van der Waals surface area contributed by atoms with Crippen molar-refractivity contribution in [2.24, 2.45) is 0 Å². The molecule has 1 unspecified atom stereocenters. The van der Waals surface area contributed by atoms with Gasteiger partial charge in [-0.05, 0) is 37.6 Å². The van der Waals surface area contributed by atoms with E-state index >= 15 is 0 Å². The molecular weight excluding hydrogens is 374 g/mol. The minimum absolute atomic E-state index is 0.140. The number of aromatic nitrogens is 1. The number of nitrogens with one attached hydrogen (secondary N) is 1. The van der Waals surface area contributed by atoms with Gasteiger partial charge in [-0.3, -0.25) is 14.7 Å². The lowest BCUT2D eigenvalue weighted by Gasteiger charge is -2.29. The van der Waals surface area contributed by atoms with Crippen molar-refractivity contribution < 1.29 is 14.6 Å². The number of anilines is 1. The number of piperidine rings is 1. The van der Waals surface area contributed by atoms with Crippen molar-refractivity contribution in [3.05, 3.63) is 28.9 Å². The SMILES string of the molecule is COc1c(NC(=O)CN2CCCC(O)C2)cnc2ccc(Br)cc12. The molecule has 2 heterocycles. The number of hydrogen-bond acceptors (Lipinski definition) is 5. The van der Waals surface area contributed by atoms with Crippen molar-refractivity contribution in [2.75, 3.05) is 32.1 Å². The number of β-amino-alcohol motifs (C(OH)–C–C–N with tert-alkyl or cyclic N) is 1. The average molecular weight is 394 g/mol. The number of pyridine rings is 1. The van der Waals surface area contributed by atoms with E-state index in [4.69, 9.17) is 4.74 Å². The van der Waals surface area contributed by atoms with Gasteiger partial charge in [0.2, 0.25) is 5.91 Å². The number of amides is 1. The van der Waals surface area contributed by atoms with E-state index in [2.05, 4.69) is 26.2 Å². The van der Waals surface area contributed by atoms with Crippen LogP contribution in [0.4, 0.5) is 5.69 Å². The zero-order chi connectivity index (χ0) is 17.1. The van der Waals surface area contributed by atoms with Crippen molar-refractivity contribution in [2.45, 2.75) is 18.9 Å². The number of ether oxygens (including phenoxy) is 1. The van der Waals surface area contributed by atoms with Crippen LogP contribution in [0.5, 0.6) is 5.75 Å². The van der Waals surface area contributed by atoms with Crippen LogP contribution in [0.15, 0.2) is 28.9 Å². The molecule has 1 amide bonds. The molecule has 2 aromatic rings. The van der Waals surface area contributed by atoms with Gasteiger partial charge in [0.25, 0.3) is 0 Å². The lowest BCUT2D eigenvalue weighted by molar-refractivity contribution is -0.118. The highest BCUT2D eigenvalue weighted by atomic mass is 79.9. The highest BCUT2D eigenvalue weighted by molar-refractivity contribution is 9.10. The Balaban J connectivity index is 1.77. The number of fused-ring (bicyclic) bond motifs is 1. The third-order valence-corrected chi connectivity index (χ3v) is 4.60. The van der Waals surface area contributed by atoms with Crippen LogP contribution in [-0.2, 0) is 4.79 Å². The predicted octanol–water partition coefficient (Wildman–Crippen LogP) is 2.40. The normalized spacial score (nSPS) is 18.5. The Morgan fingerprint density at radius 1 is 1.54 bits per heavy atom. The summed E-state index contributed by atoms with van der Waals surface area (Å²) in [6.07, 6.45) is 2.97. The predicted molar refractivity (Wildman–Crippen MR) is 96.3 cm³/mol. The molecule has 2 N–H and O–H groups in total. The minimum atomic E-state index is -0.347. The standard InChI is InChI=1S/C17H20BrN3O3/c1-24-17-13-7-11(18)4-5-14(13)19-8-15(17)20-16(23)10-21-6-2-3-12(22)9-21/h4-5,7-8,12,22H,2-3,6,9-10H2,1H3,(H,20,23). The van der Waals surface area contributed by atoms with Crippen LogP contribution >= 0.6 is 15.9 Å². The fourth-order valence-corrected chi connectivity index (χ4v) is 3.38. The third-order valence-electron chi connectivity index (χ3n) is 4.11. The molecule has 3 rings (SSSR count). The number of rotatable bonds is 4. The van der Waals surface area contributed by atoms with Crippen molar-refractivity contribution in [1.82, 2.24) is 9.88 Å². The monoisotopic (exact) mass is 393 g/mol. The van der Waals surface area contributed by atoms with Gasteiger partial charge in [-0.1, -0.05) is 15.9 Å².